The van der Waals surface area contributed by atoms with E-state index in [0.717, 1.165) is 84.5 Å². The lowest BCUT2D eigenvalue weighted by atomic mass is 9.87. The Bertz CT molecular complexity index is 3050. The Labute approximate surface area is 337 Å². The van der Waals surface area contributed by atoms with Gasteiger partial charge in [0.05, 0.1) is 33.8 Å². The SMILES string of the molecule is CC(C)(C)c1ccnc(N2c3ccccc3-c3ccccc3-c3ccc(Oc4cccc(N5CN(c6cccc7oc8ccccc8c67)c6ccccc65)c4)cc32)c1. The molecule has 0 saturated heterocycles. The summed E-state index contributed by atoms with van der Waals surface area (Å²) >= 11 is 0. The van der Waals surface area contributed by atoms with Gasteiger partial charge in [-0.15, -0.1) is 0 Å². The highest BCUT2D eigenvalue weighted by atomic mass is 16.5. The van der Waals surface area contributed by atoms with Gasteiger partial charge in [0.2, 0.25) is 0 Å². The molecule has 58 heavy (non-hydrogen) atoms. The fourth-order valence-electron chi connectivity index (χ4n) is 8.69. The standard InChI is InChI=1S/C52H40N4O2/c1-52(2,3)34-28-29-53-50(30-34)56-43-20-8-6-18-40(43)38-16-4-5-17-39(38)41-27-26-37(32-47(41)56)57-36-15-12-14-35(31-36)54-33-55(45-22-10-9-21-44(45)54)46-23-13-25-49-51(46)42-19-7-11-24-48(42)58-49/h4-32H,33H2,1-3H3. The van der Waals surface area contributed by atoms with Crippen LogP contribution in [0.3, 0.4) is 0 Å². The van der Waals surface area contributed by atoms with Crippen LogP contribution in [0.25, 0.3) is 44.2 Å². The molecule has 0 radical (unpaired) electrons. The maximum Gasteiger partial charge on any atom is 0.137 e. The number of anilines is 7. The molecule has 0 fully saturated rings. The summed E-state index contributed by atoms with van der Waals surface area (Å²) in [5.74, 6) is 2.36. The number of para-hydroxylation sites is 4. The molecule has 2 aliphatic rings. The van der Waals surface area contributed by atoms with Crippen LogP contribution in [0.5, 0.6) is 11.5 Å². The average molecular weight is 753 g/mol. The number of rotatable bonds is 5. The first-order chi connectivity index (χ1) is 28.4. The van der Waals surface area contributed by atoms with Gasteiger partial charge in [0, 0.05) is 40.5 Å². The number of hydrogen-bond acceptors (Lipinski definition) is 6. The van der Waals surface area contributed by atoms with Crippen molar-refractivity contribution >= 4 is 61.9 Å². The molecule has 4 heterocycles. The molecule has 280 valence electrons. The van der Waals surface area contributed by atoms with Gasteiger partial charge in [-0.05, 0) is 94.9 Å². The normalized spacial score (nSPS) is 13.3. The van der Waals surface area contributed by atoms with Crippen molar-refractivity contribution in [1.82, 2.24) is 4.98 Å². The summed E-state index contributed by atoms with van der Waals surface area (Å²) in [7, 11) is 0. The lowest BCUT2D eigenvalue weighted by Crippen LogP contribution is -2.24. The van der Waals surface area contributed by atoms with E-state index in [-0.39, 0.29) is 5.41 Å². The molecule has 6 heteroatoms. The molecule has 2 aliphatic heterocycles. The molecule has 2 aromatic heterocycles. The van der Waals surface area contributed by atoms with Crippen LogP contribution >= 0.6 is 0 Å². The Morgan fingerprint density at radius 3 is 1.97 bits per heavy atom. The molecule has 0 N–H and O–H groups in total. The van der Waals surface area contributed by atoms with Crippen LogP contribution in [0.1, 0.15) is 26.3 Å². The molecule has 11 rings (SSSR count). The summed E-state index contributed by atoms with van der Waals surface area (Å²) in [6.07, 6.45) is 1.93. The first kappa shape index (κ1) is 34.0. The van der Waals surface area contributed by atoms with Crippen molar-refractivity contribution in [3.8, 4) is 33.8 Å². The number of ether oxygens (including phenoxy) is 1. The van der Waals surface area contributed by atoms with E-state index in [0.29, 0.717) is 6.67 Å². The number of furan rings is 1. The highest BCUT2D eigenvalue weighted by molar-refractivity contribution is 6.13. The van der Waals surface area contributed by atoms with Gasteiger partial charge < -0.3 is 19.0 Å². The predicted octanol–water partition coefficient (Wildman–Crippen LogP) is 14.4. The van der Waals surface area contributed by atoms with Crippen molar-refractivity contribution in [2.24, 2.45) is 0 Å². The van der Waals surface area contributed by atoms with Gasteiger partial charge in [0.15, 0.2) is 0 Å². The first-order valence-electron chi connectivity index (χ1n) is 19.8. The number of benzene rings is 7. The summed E-state index contributed by atoms with van der Waals surface area (Å²) in [6.45, 7) is 7.36. The van der Waals surface area contributed by atoms with Gasteiger partial charge in [0.25, 0.3) is 0 Å². The molecule has 0 amide bonds. The summed E-state index contributed by atoms with van der Waals surface area (Å²) in [5, 5.41) is 2.23. The van der Waals surface area contributed by atoms with Crippen molar-refractivity contribution in [3.63, 3.8) is 0 Å². The number of aromatic nitrogens is 1. The van der Waals surface area contributed by atoms with E-state index in [1.54, 1.807) is 0 Å². The average Bonchev–Trinajstić information content (AvgIpc) is 3.80. The van der Waals surface area contributed by atoms with E-state index in [4.69, 9.17) is 14.1 Å². The minimum absolute atomic E-state index is 0.0430. The van der Waals surface area contributed by atoms with Crippen molar-refractivity contribution in [2.75, 3.05) is 21.4 Å². The second-order valence-electron chi connectivity index (χ2n) is 16.1. The highest BCUT2D eigenvalue weighted by Gasteiger charge is 2.31. The topological polar surface area (TPSA) is 45.0 Å². The minimum Gasteiger partial charge on any atom is -0.457 e. The fourth-order valence-corrected chi connectivity index (χ4v) is 8.69. The van der Waals surface area contributed by atoms with Crippen LogP contribution < -0.4 is 19.4 Å². The first-order valence-corrected chi connectivity index (χ1v) is 19.8. The number of nitrogens with zero attached hydrogens (tertiary/aromatic N) is 4. The van der Waals surface area contributed by atoms with Crippen molar-refractivity contribution in [1.29, 1.82) is 0 Å². The highest BCUT2D eigenvalue weighted by Crippen LogP contribution is 2.52. The molecule has 6 nitrogen and oxygen atoms in total. The van der Waals surface area contributed by atoms with E-state index in [1.807, 2.05) is 24.4 Å². The van der Waals surface area contributed by atoms with Crippen LogP contribution in [-0.2, 0) is 5.41 Å². The minimum atomic E-state index is -0.0430. The van der Waals surface area contributed by atoms with Crippen LogP contribution in [0.2, 0.25) is 0 Å². The van der Waals surface area contributed by atoms with Crippen LogP contribution in [0.15, 0.2) is 180 Å². The number of pyridine rings is 1. The molecule has 0 bridgehead atoms. The predicted molar refractivity (Wildman–Crippen MR) is 238 cm³/mol. The molecule has 0 unspecified atom stereocenters. The fraction of sp³-hybridized carbons (Fsp3) is 0.0962. The van der Waals surface area contributed by atoms with Crippen molar-refractivity contribution in [3.05, 3.63) is 182 Å². The monoisotopic (exact) mass is 752 g/mol. The van der Waals surface area contributed by atoms with E-state index in [1.165, 1.54) is 16.7 Å². The van der Waals surface area contributed by atoms with Gasteiger partial charge in [-0.25, -0.2) is 4.98 Å². The summed E-state index contributed by atoms with van der Waals surface area (Å²) in [4.78, 5) is 12.0. The molecule has 0 saturated carbocycles. The van der Waals surface area contributed by atoms with Gasteiger partial charge in [0.1, 0.15) is 35.2 Å². The van der Waals surface area contributed by atoms with Crippen molar-refractivity contribution < 1.29 is 9.15 Å². The molecule has 9 aromatic rings. The maximum absolute atomic E-state index is 6.82. The summed E-state index contributed by atoms with van der Waals surface area (Å²) in [6, 6.07) is 59.6. The molecule has 0 atom stereocenters. The van der Waals surface area contributed by atoms with Gasteiger partial charge in [-0.3, -0.25) is 4.90 Å². The van der Waals surface area contributed by atoms with E-state index in [9.17, 15) is 0 Å². The van der Waals surface area contributed by atoms with Crippen LogP contribution in [0.4, 0.5) is 39.9 Å². The second-order valence-corrected chi connectivity index (χ2v) is 16.1. The Morgan fingerprint density at radius 1 is 0.517 bits per heavy atom. The smallest absolute Gasteiger partial charge is 0.137 e. The molecular formula is C52H40N4O2. The molecule has 0 spiro atoms. The third kappa shape index (κ3) is 5.52. The molecule has 7 aromatic carbocycles. The quantitative estimate of drug-likeness (QED) is 0.174. The third-order valence-electron chi connectivity index (χ3n) is 11.5. The Kier molecular flexibility index (Phi) is 7.70. The lowest BCUT2D eigenvalue weighted by Gasteiger charge is -2.28. The summed E-state index contributed by atoms with van der Waals surface area (Å²) < 4.78 is 13.1. The van der Waals surface area contributed by atoms with E-state index in [2.05, 4.69) is 187 Å². The van der Waals surface area contributed by atoms with Gasteiger partial charge >= 0.3 is 0 Å². The zero-order chi connectivity index (χ0) is 39.0. The van der Waals surface area contributed by atoms with Gasteiger partial charge in [-0.1, -0.05) is 106 Å². The lowest BCUT2D eigenvalue weighted by molar-refractivity contribution is 0.483. The molecule has 0 aliphatic carbocycles. The zero-order valence-electron chi connectivity index (χ0n) is 32.6. The Hall–Kier alpha value is -7.31. The second kappa shape index (κ2) is 13.1. The summed E-state index contributed by atoms with van der Waals surface area (Å²) in [5.41, 5.74) is 14.1. The largest absolute Gasteiger partial charge is 0.457 e. The van der Waals surface area contributed by atoms with Crippen LogP contribution in [-0.4, -0.2) is 11.7 Å². The Morgan fingerprint density at radius 2 is 1.16 bits per heavy atom. The van der Waals surface area contributed by atoms with Crippen LogP contribution in [0, 0.1) is 0 Å². The molecular weight excluding hydrogens is 713 g/mol. The van der Waals surface area contributed by atoms with E-state index >= 15 is 0 Å². The Balaban J connectivity index is 0.986. The van der Waals surface area contributed by atoms with Crippen molar-refractivity contribution in [2.45, 2.75) is 26.2 Å². The number of fused-ring (bicyclic) bond motifs is 9. The maximum atomic E-state index is 6.82. The van der Waals surface area contributed by atoms with Gasteiger partial charge in [-0.2, -0.15) is 0 Å². The third-order valence-corrected chi connectivity index (χ3v) is 11.5. The zero-order valence-corrected chi connectivity index (χ0v) is 32.6. The number of hydrogen-bond donors (Lipinski definition) is 0. The van der Waals surface area contributed by atoms with E-state index < -0.39 is 0 Å².